The van der Waals surface area contributed by atoms with Crippen molar-refractivity contribution in [3.05, 3.63) is 47.5 Å². The molecule has 0 bridgehead atoms. The van der Waals surface area contributed by atoms with Crippen molar-refractivity contribution in [1.82, 2.24) is 14.8 Å². The van der Waals surface area contributed by atoms with Gasteiger partial charge in [0.25, 0.3) is 0 Å². The third-order valence-electron chi connectivity index (χ3n) is 4.90. The second kappa shape index (κ2) is 7.01. The summed E-state index contributed by atoms with van der Waals surface area (Å²) >= 11 is 0. The molecule has 1 aromatic carbocycles. The Morgan fingerprint density at radius 1 is 1.25 bits per heavy atom. The zero-order chi connectivity index (χ0) is 17.2. The van der Waals surface area contributed by atoms with Gasteiger partial charge in [-0.3, -0.25) is 0 Å². The van der Waals surface area contributed by atoms with E-state index in [1.807, 2.05) is 6.92 Å². The number of hydrogen-bond acceptors (Lipinski definition) is 5. The third kappa shape index (κ3) is 3.50. The fourth-order valence-corrected chi connectivity index (χ4v) is 3.20. The van der Waals surface area contributed by atoms with Gasteiger partial charge in [-0.05, 0) is 37.0 Å². The van der Waals surface area contributed by atoms with Crippen LogP contribution in [-0.4, -0.2) is 46.0 Å². The minimum atomic E-state index is -0.666. The minimum Gasteiger partial charge on any atom is -0.390 e. The number of rotatable bonds is 5. The van der Waals surface area contributed by atoms with Crippen molar-refractivity contribution in [2.45, 2.75) is 39.3 Å². The van der Waals surface area contributed by atoms with Crippen LogP contribution in [0.2, 0.25) is 0 Å². The largest absolute Gasteiger partial charge is 0.390 e. The predicted molar refractivity (Wildman–Crippen MR) is 89.6 cm³/mol. The molecule has 1 fully saturated rings. The van der Waals surface area contributed by atoms with E-state index in [0.717, 1.165) is 0 Å². The number of benzene rings is 1. The quantitative estimate of drug-likeness (QED) is 0.908. The van der Waals surface area contributed by atoms with Crippen LogP contribution < -0.4 is 0 Å². The first-order valence-corrected chi connectivity index (χ1v) is 8.23. The summed E-state index contributed by atoms with van der Waals surface area (Å²) in [5.74, 6) is 0. The summed E-state index contributed by atoms with van der Waals surface area (Å²) in [5, 5.41) is 15.4. The van der Waals surface area contributed by atoms with Crippen LogP contribution in [-0.2, 0) is 15.9 Å². The maximum absolute atomic E-state index is 11.1. The molecule has 0 amide bonds. The molecule has 1 aromatic heterocycles. The molecular formula is C18H25N3O3. The maximum Gasteiger partial charge on any atom is 0.146 e. The van der Waals surface area contributed by atoms with Gasteiger partial charge in [0.15, 0.2) is 0 Å². The molecule has 0 saturated carbocycles. The SMILES string of the molecule is Cc1ccc(CC(C(O)C2(C)COCOC2)n2cncn2)cc1C. The van der Waals surface area contributed by atoms with Crippen molar-refractivity contribution < 1.29 is 14.6 Å². The average molecular weight is 331 g/mol. The maximum atomic E-state index is 11.1. The number of aryl methyl sites for hydroxylation is 2. The van der Waals surface area contributed by atoms with Crippen molar-refractivity contribution in [1.29, 1.82) is 0 Å². The summed E-state index contributed by atoms with van der Waals surface area (Å²) < 4.78 is 12.6. The highest BCUT2D eigenvalue weighted by molar-refractivity contribution is 5.30. The first kappa shape index (κ1) is 17.1. The van der Waals surface area contributed by atoms with Crippen molar-refractivity contribution >= 4 is 0 Å². The van der Waals surface area contributed by atoms with Crippen LogP contribution >= 0.6 is 0 Å². The van der Waals surface area contributed by atoms with Gasteiger partial charge in [-0.15, -0.1) is 0 Å². The van der Waals surface area contributed by atoms with Crippen molar-refractivity contribution in [2.75, 3.05) is 20.0 Å². The van der Waals surface area contributed by atoms with E-state index >= 15 is 0 Å². The molecule has 0 radical (unpaired) electrons. The Balaban J connectivity index is 1.87. The fourth-order valence-electron chi connectivity index (χ4n) is 3.20. The monoisotopic (exact) mass is 331 g/mol. The van der Waals surface area contributed by atoms with Gasteiger partial charge >= 0.3 is 0 Å². The number of aliphatic hydroxyl groups excluding tert-OH is 1. The molecule has 1 aliphatic heterocycles. The molecule has 0 spiro atoms. The number of ether oxygens (including phenoxy) is 2. The second-order valence-electron chi connectivity index (χ2n) is 6.98. The van der Waals surface area contributed by atoms with E-state index in [1.165, 1.54) is 23.0 Å². The Morgan fingerprint density at radius 2 is 2.00 bits per heavy atom. The lowest BCUT2D eigenvalue weighted by molar-refractivity contribution is -0.196. The van der Waals surface area contributed by atoms with Crippen molar-refractivity contribution in [2.24, 2.45) is 5.41 Å². The third-order valence-corrected chi connectivity index (χ3v) is 4.90. The van der Waals surface area contributed by atoms with E-state index in [1.54, 1.807) is 11.0 Å². The number of aromatic nitrogens is 3. The lowest BCUT2D eigenvalue weighted by Gasteiger charge is -2.40. The fraction of sp³-hybridized carbons (Fsp3) is 0.556. The smallest absolute Gasteiger partial charge is 0.146 e. The van der Waals surface area contributed by atoms with Gasteiger partial charge in [0.05, 0.1) is 25.4 Å². The van der Waals surface area contributed by atoms with Crippen LogP contribution in [0.4, 0.5) is 0 Å². The van der Waals surface area contributed by atoms with E-state index in [2.05, 4.69) is 42.1 Å². The molecule has 2 heterocycles. The molecular weight excluding hydrogens is 306 g/mol. The van der Waals surface area contributed by atoms with Crippen molar-refractivity contribution in [3.8, 4) is 0 Å². The molecule has 6 heteroatoms. The second-order valence-corrected chi connectivity index (χ2v) is 6.98. The van der Waals surface area contributed by atoms with Crippen LogP contribution in [0, 0.1) is 19.3 Å². The minimum absolute atomic E-state index is 0.232. The van der Waals surface area contributed by atoms with Gasteiger partial charge in [0, 0.05) is 5.41 Å². The number of hydrogen-bond donors (Lipinski definition) is 1. The van der Waals surface area contributed by atoms with Gasteiger partial charge in [-0.2, -0.15) is 5.10 Å². The zero-order valence-corrected chi connectivity index (χ0v) is 14.5. The van der Waals surface area contributed by atoms with Gasteiger partial charge in [0.2, 0.25) is 0 Å². The van der Waals surface area contributed by atoms with E-state index < -0.39 is 11.5 Å². The van der Waals surface area contributed by atoms with E-state index in [4.69, 9.17) is 9.47 Å². The Kier molecular flexibility index (Phi) is 4.99. The summed E-state index contributed by atoms with van der Waals surface area (Å²) in [6.45, 7) is 7.40. The number of nitrogens with zero attached hydrogens (tertiary/aromatic N) is 3. The van der Waals surface area contributed by atoms with E-state index in [0.29, 0.717) is 19.6 Å². The Labute approximate surface area is 142 Å². The molecule has 2 unspecified atom stereocenters. The molecule has 1 aliphatic rings. The summed E-state index contributed by atoms with van der Waals surface area (Å²) in [7, 11) is 0. The highest BCUT2D eigenvalue weighted by atomic mass is 16.7. The lowest BCUT2D eigenvalue weighted by atomic mass is 9.79. The molecule has 2 atom stereocenters. The normalized spacial score (nSPS) is 19.8. The van der Waals surface area contributed by atoms with E-state index in [-0.39, 0.29) is 12.8 Å². The Hall–Kier alpha value is -1.76. The predicted octanol–water partition coefficient (Wildman–Crippen LogP) is 2.05. The first-order valence-electron chi connectivity index (χ1n) is 8.23. The van der Waals surface area contributed by atoms with Crippen LogP contribution in [0.25, 0.3) is 0 Å². The van der Waals surface area contributed by atoms with Crippen LogP contribution in [0.5, 0.6) is 0 Å². The standard InChI is InChI=1S/C18H25N3O3/c1-13-4-5-15(6-14(13)2)7-16(21-11-19-10-20-21)17(22)18(3)8-23-12-24-9-18/h4-6,10-11,16-17,22H,7-9,12H2,1-3H3. The molecule has 1 N–H and O–H groups in total. The van der Waals surface area contributed by atoms with Crippen LogP contribution in [0.15, 0.2) is 30.9 Å². The van der Waals surface area contributed by atoms with Crippen LogP contribution in [0.1, 0.15) is 29.7 Å². The summed E-state index contributed by atoms with van der Waals surface area (Å²) in [6.07, 6.45) is 3.15. The Morgan fingerprint density at radius 3 is 2.62 bits per heavy atom. The molecule has 130 valence electrons. The van der Waals surface area contributed by atoms with Crippen LogP contribution in [0.3, 0.4) is 0 Å². The highest BCUT2D eigenvalue weighted by Gasteiger charge is 2.41. The molecule has 0 aliphatic carbocycles. The molecule has 2 aromatic rings. The molecule has 6 nitrogen and oxygen atoms in total. The first-order chi connectivity index (χ1) is 11.5. The highest BCUT2D eigenvalue weighted by Crippen LogP contribution is 2.34. The topological polar surface area (TPSA) is 69.4 Å². The van der Waals surface area contributed by atoms with Gasteiger partial charge in [-0.25, -0.2) is 9.67 Å². The van der Waals surface area contributed by atoms with Gasteiger partial charge < -0.3 is 14.6 Å². The summed E-state index contributed by atoms with van der Waals surface area (Å²) in [6, 6.07) is 6.16. The van der Waals surface area contributed by atoms with Crippen molar-refractivity contribution in [3.63, 3.8) is 0 Å². The number of aliphatic hydroxyl groups is 1. The Bertz CT molecular complexity index is 666. The van der Waals surface area contributed by atoms with Gasteiger partial charge in [-0.1, -0.05) is 25.1 Å². The molecule has 3 rings (SSSR count). The molecule has 24 heavy (non-hydrogen) atoms. The zero-order valence-electron chi connectivity index (χ0n) is 14.5. The summed E-state index contributed by atoms with van der Waals surface area (Å²) in [5.41, 5.74) is 3.20. The lowest BCUT2D eigenvalue weighted by Crippen LogP contribution is -2.48. The summed E-state index contributed by atoms with van der Waals surface area (Å²) in [4.78, 5) is 4.04. The average Bonchev–Trinajstić information content (AvgIpc) is 3.10. The molecule has 1 saturated heterocycles. The van der Waals surface area contributed by atoms with Gasteiger partial charge in [0.1, 0.15) is 19.4 Å². The van der Waals surface area contributed by atoms with E-state index in [9.17, 15) is 5.11 Å².